The summed E-state index contributed by atoms with van der Waals surface area (Å²) in [5, 5.41) is 4.76. The molecule has 1 aliphatic rings. The quantitative estimate of drug-likeness (QED) is 0.833. The maximum Gasteiger partial charge on any atom is 0.257 e. The number of fused-ring (bicyclic) bond motifs is 1. The van der Waals surface area contributed by atoms with Gasteiger partial charge in [-0.2, -0.15) is 0 Å². The number of amides is 2. The van der Waals surface area contributed by atoms with Crippen molar-refractivity contribution in [1.82, 2.24) is 15.3 Å². The van der Waals surface area contributed by atoms with Crippen LogP contribution in [-0.4, -0.2) is 22.3 Å². The number of nitrogens with zero attached hydrogens (tertiary/aromatic N) is 2. The fraction of sp³-hybridized carbons (Fsp3) is 0.0769. The molecule has 2 aromatic rings. The third-order valence-electron chi connectivity index (χ3n) is 3.01. The molecule has 1 aliphatic heterocycles. The van der Waals surface area contributed by atoms with Gasteiger partial charge in [-0.15, -0.1) is 0 Å². The molecule has 106 valence electrons. The summed E-state index contributed by atoms with van der Waals surface area (Å²) < 4.78 is 27.6. The Hall–Kier alpha value is -2.90. The van der Waals surface area contributed by atoms with Gasteiger partial charge in [-0.05, 0) is 12.1 Å². The Labute approximate surface area is 117 Å². The molecule has 2 amide bonds. The zero-order valence-electron chi connectivity index (χ0n) is 10.5. The topological polar surface area (TPSA) is 84.0 Å². The van der Waals surface area contributed by atoms with Gasteiger partial charge >= 0.3 is 0 Å². The fourth-order valence-corrected chi connectivity index (χ4v) is 2.11. The van der Waals surface area contributed by atoms with Crippen LogP contribution in [-0.2, 0) is 11.3 Å². The molecule has 0 atom stereocenters. The smallest absolute Gasteiger partial charge is 0.257 e. The molecule has 0 bridgehead atoms. The second-order valence-electron chi connectivity index (χ2n) is 4.26. The molecule has 21 heavy (non-hydrogen) atoms. The number of anilines is 1. The van der Waals surface area contributed by atoms with Gasteiger partial charge in [0.15, 0.2) is 5.82 Å². The van der Waals surface area contributed by atoms with E-state index in [1.165, 1.54) is 6.07 Å². The standard InChI is InChI=1S/C13H8F2N4O2/c14-6-2-1-3-7(15)9(6)12-18-8-4-16-13(21)10(8)11(19-12)17-5-20/h1-3,5H,4H2,(H,16,21)(H,17,18,19,20). The Balaban J connectivity index is 2.24. The maximum atomic E-state index is 13.8. The van der Waals surface area contributed by atoms with E-state index in [0.717, 1.165) is 12.1 Å². The normalized spacial score (nSPS) is 12.8. The Morgan fingerprint density at radius 1 is 1.19 bits per heavy atom. The van der Waals surface area contributed by atoms with E-state index in [0.29, 0.717) is 6.41 Å². The molecular weight excluding hydrogens is 282 g/mol. The highest BCUT2D eigenvalue weighted by Crippen LogP contribution is 2.28. The predicted molar refractivity (Wildman–Crippen MR) is 68.2 cm³/mol. The van der Waals surface area contributed by atoms with Crippen LogP contribution in [0.3, 0.4) is 0 Å². The van der Waals surface area contributed by atoms with Gasteiger partial charge in [0, 0.05) is 0 Å². The number of carbonyl (C=O) groups is 2. The number of aromatic nitrogens is 2. The van der Waals surface area contributed by atoms with Gasteiger partial charge in [0.1, 0.15) is 23.0 Å². The number of halogens is 2. The lowest BCUT2D eigenvalue weighted by molar-refractivity contribution is -0.105. The van der Waals surface area contributed by atoms with Crippen molar-refractivity contribution in [2.24, 2.45) is 0 Å². The first-order valence-electron chi connectivity index (χ1n) is 5.95. The van der Waals surface area contributed by atoms with Gasteiger partial charge in [-0.3, -0.25) is 9.59 Å². The molecule has 8 heteroatoms. The summed E-state index contributed by atoms with van der Waals surface area (Å²) in [7, 11) is 0. The van der Waals surface area contributed by atoms with E-state index in [-0.39, 0.29) is 29.4 Å². The van der Waals surface area contributed by atoms with Crippen LogP contribution in [0, 0.1) is 11.6 Å². The second kappa shape index (κ2) is 4.89. The summed E-state index contributed by atoms with van der Waals surface area (Å²) in [5.74, 6) is -2.42. The van der Waals surface area contributed by atoms with Gasteiger partial charge < -0.3 is 10.6 Å². The van der Waals surface area contributed by atoms with E-state index in [4.69, 9.17) is 0 Å². The van der Waals surface area contributed by atoms with Crippen molar-refractivity contribution in [2.75, 3.05) is 5.32 Å². The Morgan fingerprint density at radius 3 is 2.57 bits per heavy atom. The largest absolute Gasteiger partial charge is 0.346 e. The van der Waals surface area contributed by atoms with Crippen LogP contribution < -0.4 is 10.6 Å². The average molecular weight is 290 g/mol. The fourth-order valence-electron chi connectivity index (χ4n) is 2.11. The van der Waals surface area contributed by atoms with E-state index in [2.05, 4.69) is 20.6 Å². The molecule has 6 nitrogen and oxygen atoms in total. The van der Waals surface area contributed by atoms with E-state index < -0.39 is 23.1 Å². The first-order chi connectivity index (χ1) is 10.1. The van der Waals surface area contributed by atoms with Crippen molar-refractivity contribution >= 4 is 18.1 Å². The molecule has 0 saturated carbocycles. The first kappa shape index (κ1) is 13.1. The van der Waals surface area contributed by atoms with Gasteiger partial charge in [-0.1, -0.05) is 6.07 Å². The molecule has 1 aromatic heterocycles. The summed E-state index contributed by atoms with van der Waals surface area (Å²) in [6.45, 7) is 0.104. The third-order valence-corrected chi connectivity index (χ3v) is 3.01. The van der Waals surface area contributed by atoms with E-state index in [9.17, 15) is 18.4 Å². The highest BCUT2D eigenvalue weighted by Gasteiger charge is 2.27. The third kappa shape index (κ3) is 2.10. The van der Waals surface area contributed by atoms with Crippen molar-refractivity contribution < 1.29 is 18.4 Å². The van der Waals surface area contributed by atoms with Crippen molar-refractivity contribution in [3.8, 4) is 11.4 Å². The van der Waals surface area contributed by atoms with Crippen LogP contribution in [0.4, 0.5) is 14.6 Å². The zero-order chi connectivity index (χ0) is 15.0. The first-order valence-corrected chi connectivity index (χ1v) is 5.95. The SMILES string of the molecule is O=CNc1nc(-c2c(F)cccc2F)nc2c1C(=O)NC2. The van der Waals surface area contributed by atoms with Crippen molar-refractivity contribution in [3.05, 3.63) is 41.1 Å². The minimum absolute atomic E-state index is 0.0809. The van der Waals surface area contributed by atoms with Crippen molar-refractivity contribution in [3.63, 3.8) is 0 Å². The van der Waals surface area contributed by atoms with E-state index >= 15 is 0 Å². The molecule has 0 fully saturated rings. The molecule has 3 rings (SSSR count). The molecule has 0 spiro atoms. The zero-order valence-corrected chi connectivity index (χ0v) is 10.5. The minimum atomic E-state index is -0.829. The van der Waals surface area contributed by atoms with Gasteiger partial charge in [0.2, 0.25) is 6.41 Å². The summed E-state index contributed by atoms with van der Waals surface area (Å²) in [5.41, 5.74) is -0.0341. The maximum absolute atomic E-state index is 13.8. The lowest BCUT2D eigenvalue weighted by atomic mass is 10.1. The molecular formula is C13H8F2N4O2. The monoisotopic (exact) mass is 290 g/mol. The van der Waals surface area contributed by atoms with Gasteiger partial charge in [-0.25, -0.2) is 18.7 Å². The van der Waals surface area contributed by atoms with Crippen LogP contribution >= 0.6 is 0 Å². The lowest BCUT2D eigenvalue weighted by Gasteiger charge is -2.08. The Morgan fingerprint density at radius 2 is 1.90 bits per heavy atom. The minimum Gasteiger partial charge on any atom is -0.346 e. The second-order valence-corrected chi connectivity index (χ2v) is 4.26. The van der Waals surface area contributed by atoms with E-state index in [1.54, 1.807) is 0 Å². The van der Waals surface area contributed by atoms with E-state index in [1.807, 2.05) is 0 Å². The number of benzene rings is 1. The number of nitrogens with one attached hydrogen (secondary N) is 2. The van der Waals surface area contributed by atoms with Gasteiger partial charge in [0.05, 0.1) is 17.8 Å². The number of carbonyl (C=O) groups excluding carboxylic acids is 2. The summed E-state index contributed by atoms with van der Waals surface area (Å²) >= 11 is 0. The predicted octanol–water partition coefficient (Wildman–Crippen LogP) is 1.23. The molecule has 0 aliphatic carbocycles. The summed E-state index contributed by atoms with van der Waals surface area (Å²) in [6, 6.07) is 3.37. The lowest BCUT2D eigenvalue weighted by Crippen LogP contribution is -2.14. The molecule has 0 saturated heterocycles. The van der Waals surface area contributed by atoms with Gasteiger partial charge in [0.25, 0.3) is 5.91 Å². The summed E-state index contributed by atoms with van der Waals surface area (Å²) in [4.78, 5) is 30.1. The molecule has 1 aromatic carbocycles. The highest BCUT2D eigenvalue weighted by atomic mass is 19.1. The molecule has 2 heterocycles. The number of hydrogen-bond donors (Lipinski definition) is 2. The van der Waals surface area contributed by atoms with Crippen LogP contribution in [0.1, 0.15) is 16.1 Å². The average Bonchev–Trinajstić information content (AvgIpc) is 2.81. The molecule has 0 radical (unpaired) electrons. The van der Waals surface area contributed by atoms with Crippen molar-refractivity contribution in [2.45, 2.75) is 6.54 Å². The summed E-state index contributed by atoms with van der Waals surface area (Å²) in [6.07, 6.45) is 0.329. The number of hydrogen-bond acceptors (Lipinski definition) is 4. The molecule has 0 unspecified atom stereocenters. The van der Waals surface area contributed by atoms with Crippen molar-refractivity contribution in [1.29, 1.82) is 0 Å². The Kier molecular flexibility index (Phi) is 3.05. The molecule has 2 N–H and O–H groups in total. The highest BCUT2D eigenvalue weighted by molar-refractivity contribution is 6.03. The van der Waals surface area contributed by atoms with Crippen LogP contribution in [0.5, 0.6) is 0 Å². The van der Waals surface area contributed by atoms with Crippen LogP contribution in [0.25, 0.3) is 11.4 Å². The van der Waals surface area contributed by atoms with Crippen LogP contribution in [0.15, 0.2) is 18.2 Å². The van der Waals surface area contributed by atoms with Crippen LogP contribution in [0.2, 0.25) is 0 Å². The Bertz CT molecular complexity index is 744. The number of rotatable bonds is 3.